The summed E-state index contributed by atoms with van der Waals surface area (Å²) in [5, 5.41) is 11.9. The molecule has 0 radical (unpaired) electrons. The van der Waals surface area contributed by atoms with E-state index in [1.54, 1.807) is 6.92 Å². The summed E-state index contributed by atoms with van der Waals surface area (Å²) in [6.07, 6.45) is 6.96. The van der Waals surface area contributed by atoms with Crippen LogP contribution in [0.25, 0.3) is 0 Å². The number of aryl methyl sites for hydroxylation is 1. The lowest BCUT2D eigenvalue weighted by atomic mass is 10.2. The first kappa shape index (κ1) is 12.0. The Labute approximate surface area is 93.9 Å². The minimum absolute atomic E-state index is 0.0302. The molecule has 0 bridgehead atoms. The highest BCUT2D eigenvalue weighted by molar-refractivity contribution is 5.92. The first-order chi connectivity index (χ1) is 7.54. The highest BCUT2D eigenvalue weighted by atomic mass is 16.4. The van der Waals surface area contributed by atoms with Crippen LogP contribution in [0.5, 0.6) is 0 Å². The number of carboxylic acids is 1. The van der Waals surface area contributed by atoms with Gasteiger partial charge in [-0.25, -0.2) is 14.8 Å². The lowest BCUT2D eigenvalue weighted by Gasteiger charge is -2.13. The molecular formula is C11H13N3O2. The van der Waals surface area contributed by atoms with Gasteiger partial charge in [-0.05, 0) is 13.8 Å². The van der Waals surface area contributed by atoms with Gasteiger partial charge in [0.05, 0.1) is 0 Å². The average molecular weight is 219 g/mol. The zero-order chi connectivity index (χ0) is 12.1. The Bertz CT molecular complexity index is 437. The molecule has 5 nitrogen and oxygen atoms in total. The molecule has 1 rings (SSSR count). The van der Waals surface area contributed by atoms with Crippen LogP contribution in [0, 0.1) is 19.3 Å². The summed E-state index contributed by atoms with van der Waals surface area (Å²) >= 11 is 0. The molecule has 1 aromatic heterocycles. The molecule has 1 aromatic rings. The third kappa shape index (κ3) is 2.95. The van der Waals surface area contributed by atoms with Crippen LogP contribution in [0.2, 0.25) is 0 Å². The topological polar surface area (TPSA) is 75.1 Å². The van der Waals surface area contributed by atoms with E-state index in [9.17, 15) is 4.79 Å². The van der Waals surface area contributed by atoms with Gasteiger partial charge in [0.25, 0.3) is 0 Å². The molecule has 0 spiro atoms. The zero-order valence-corrected chi connectivity index (χ0v) is 9.19. The fraction of sp³-hybridized carbons (Fsp3) is 0.364. The summed E-state index contributed by atoms with van der Waals surface area (Å²) < 4.78 is 0. The Kier molecular flexibility index (Phi) is 3.84. The molecule has 0 aliphatic heterocycles. The molecule has 5 heteroatoms. The van der Waals surface area contributed by atoms with Crippen LogP contribution in [-0.2, 0) is 0 Å². The fourth-order valence-electron chi connectivity index (χ4n) is 1.20. The number of anilines is 1. The number of hydrogen-bond acceptors (Lipinski definition) is 4. The summed E-state index contributed by atoms with van der Waals surface area (Å²) in [6, 6.07) is -0.0302. The molecule has 0 fully saturated rings. The van der Waals surface area contributed by atoms with E-state index in [-0.39, 0.29) is 11.6 Å². The number of carbonyl (C=O) groups is 1. The Balaban J connectivity index is 2.97. The van der Waals surface area contributed by atoms with Gasteiger partial charge in [-0.3, -0.25) is 0 Å². The Morgan fingerprint density at radius 1 is 1.75 bits per heavy atom. The van der Waals surface area contributed by atoms with Gasteiger partial charge in [0, 0.05) is 18.7 Å². The van der Waals surface area contributed by atoms with Crippen LogP contribution >= 0.6 is 0 Å². The molecule has 1 atom stereocenters. The van der Waals surface area contributed by atoms with Crippen molar-refractivity contribution in [3.8, 4) is 12.3 Å². The maximum Gasteiger partial charge on any atom is 0.341 e. The summed E-state index contributed by atoms with van der Waals surface area (Å²) in [5.41, 5.74) is 0.0504. The average Bonchev–Trinajstić information content (AvgIpc) is 2.17. The van der Waals surface area contributed by atoms with Crippen LogP contribution in [0.4, 0.5) is 5.82 Å². The molecule has 1 unspecified atom stereocenters. The predicted octanol–water partition coefficient (Wildman–Crippen LogP) is 1.31. The van der Waals surface area contributed by atoms with Gasteiger partial charge in [-0.2, -0.15) is 0 Å². The monoisotopic (exact) mass is 219 g/mol. The summed E-state index contributed by atoms with van der Waals surface area (Å²) in [6.45, 7) is 3.56. The van der Waals surface area contributed by atoms with Crippen molar-refractivity contribution in [3.63, 3.8) is 0 Å². The Hall–Kier alpha value is -2.09. The first-order valence-electron chi connectivity index (χ1n) is 4.81. The van der Waals surface area contributed by atoms with E-state index in [1.165, 1.54) is 6.20 Å². The van der Waals surface area contributed by atoms with E-state index in [2.05, 4.69) is 21.2 Å². The smallest absolute Gasteiger partial charge is 0.341 e. The molecule has 0 saturated heterocycles. The van der Waals surface area contributed by atoms with E-state index in [0.29, 0.717) is 18.1 Å². The standard InChI is InChI=1S/C11H13N3O2/c1-4-5-7(2)13-10-9(11(15)16)6-12-8(3)14-10/h1,6-7H,5H2,2-3H3,(H,15,16)(H,12,13,14). The van der Waals surface area contributed by atoms with Crippen molar-refractivity contribution in [2.45, 2.75) is 26.3 Å². The Morgan fingerprint density at radius 3 is 3.00 bits per heavy atom. The molecule has 1 heterocycles. The highest BCUT2D eigenvalue weighted by Gasteiger charge is 2.13. The van der Waals surface area contributed by atoms with Gasteiger partial charge < -0.3 is 10.4 Å². The van der Waals surface area contributed by atoms with Crippen LogP contribution < -0.4 is 5.32 Å². The molecule has 0 amide bonds. The van der Waals surface area contributed by atoms with Crippen LogP contribution in [-0.4, -0.2) is 27.1 Å². The lowest BCUT2D eigenvalue weighted by Crippen LogP contribution is -2.18. The summed E-state index contributed by atoms with van der Waals surface area (Å²) in [7, 11) is 0. The third-order valence-electron chi connectivity index (χ3n) is 1.95. The highest BCUT2D eigenvalue weighted by Crippen LogP contribution is 2.13. The van der Waals surface area contributed by atoms with Gasteiger partial charge in [0.2, 0.25) is 0 Å². The number of nitrogens with zero attached hydrogens (tertiary/aromatic N) is 2. The molecule has 0 aromatic carbocycles. The Morgan fingerprint density at radius 2 is 2.44 bits per heavy atom. The molecule has 0 aliphatic carbocycles. The SMILES string of the molecule is C#CCC(C)Nc1nc(C)ncc1C(=O)O. The molecule has 0 saturated carbocycles. The molecule has 2 N–H and O–H groups in total. The molecule has 84 valence electrons. The van der Waals surface area contributed by atoms with Gasteiger partial charge in [0.1, 0.15) is 17.2 Å². The predicted molar refractivity (Wildman–Crippen MR) is 60.3 cm³/mol. The minimum Gasteiger partial charge on any atom is -0.477 e. The maximum absolute atomic E-state index is 10.9. The van der Waals surface area contributed by atoms with Crippen molar-refractivity contribution in [1.82, 2.24) is 9.97 Å². The molecular weight excluding hydrogens is 206 g/mol. The van der Waals surface area contributed by atoms with Crippen molar-refractivity contribution >= 4 is 11.8 Å². The van der Waals surface area contributed by atoms with E-state index < -0.39 is 5.97 Å². The van der Waals surface area contributed by atoms with E-state index in [0.717, 1.165) is 0 Å². The van der Waals surface area contributed by atoms with Gasteiger partial charge in [0.15, 0.2) is 0 Å². The van der Waals surface area contributed by atoms with E-state index in [4.69, 9.17) is 11.5 Å². The number of rotatable bonds is 4. The zero-order valence-electron chi connectivity index (χ0n) is 9.19. The van der Waals surface area contributed by atoms with Crippen molar-refractivity contribution in [2.75, 3.05) is 5.32 Å². The van der Waals surface area contributed by atoms with Gasteiger partial charge >= 0.3 is 5.97 Å². The normalized spacial score (nSPS) is 11.6. The number of nitrogens with one attached hydrogen (secondary N) is 1. The summed E-state index contributed by atoms with van der Waals surface area (Å²) in [5.74, 6) is 2.26. The quantitative estimate of drug-likeness (QED) is 0.747. The number of terminal acetylenes is 1. The number of hydrogen-bond donors (Lipinski definition) is 2. The van der Waals surface area contributed by atoms with E-state index >= 15 is 0 Å². The molecule has 16 heavy (non-hydrogen) atoms. The van der Waals surface area contributed by atoms with Crippen molar-refractivity contribution in [3.05, 3.63) is 17.6 Å². The van der Waals surface area contributed by atoms with Crippen molar-refractivity contribution in [1.29, 1.82) is 0 Å². The first-order valence-corrected chi connectivity index (χ1v) is 4.81. The second-order valence-corrected chi connectivity index (χ2v) is 3.44. The lowest BCUT2D eigenvalue weighted by molar-refractivity contribution is 0.0697. The largest absolute Gasteiger partial charge is 0.477 e. The van der Waals surface area contributed by atoms with E-state index in [1.807, 2.05) is 6.92 Å². The number of aromatic carboxylic acids is 1. The maximum atomic E-state index is 10.9. The fourth-order valence-corrected chi connectivity index (χ4v) is 1.20. The second-order valence-electron chi connectivity index (χ2n) is 3.44. The van der Waals surface area contributed by atoms with Crippen LogP contribution in [0.15, 0.2) is 6.20 Å². The van der Waals surface area contributed by atoms with Gasteiger partial charge in [-0.1, -0.05) is 0 Å². The minimum atomic E-state index is -1.06. The second kappa shape index (κ2) is 5.12. The van der Waals surface area contributed by atoms with Crippen molar-refractivity contribution in [2.24, 2.45) is 0 Å². The van der Waals surface area contributed by atoms with Gasteiger partial charge in [-0.15, -0.1) is 12.3 Å². The number of carboxylic acid groups (broad SMARTS) is 1. The third-order valence-corrected chi connectivity index (χ3v) is 1.95. The number of aromatic nitrogens is 2. The van der Waals surface area contributed by atoms with Crippen molar-refractivity contribution < 1.29 is 9.90 Å². The van der Waals surface area contributed by atoms with Crippen LogP contribution in [0.3, 0.4) is 0 Å². The van der Waals surface area contributed by atoms with Crippen LogP contribution in [0.1, 0.15) is 29.5 Å². The molecule has 0 aliphatic rings. The summed E-state index contributed by atoms with van der Waals surface area (Å²) in [4.78, 5) is 18.8.